The number of ether oxygens (including phenoxy) is 1. The number of aryl methyl sites for hydroxylation is 1. The number of carbonyl (C=O) groups excluding carboxylic acids is 2. The van der Waals surface area contributed by atoms with Gasteiger partial charge in [-0.2, -0.15) is 0 Å². The maximum Gasteiger partial charge on any atom is 0.242 e. The topological polar surface area (TPSA) is 49.9 Å². The third-order valence-electron chi connectivity index (χ3n) is 6.10. The maximum atomic E-state index is 13.4. The number of hydrogen-bond acceptors (Lipinski definition) is 4. The summed E-state index contributed by atoms with van der Waals surface area (Å²) >= 11 is 1.75. The summed E-state index contributed by atoms with van der Waals surface area (Å²) in [6.45, 7) is 7.40. The van der Waals surface area contributed by atoms with Crippen LogP contribution in [0.3, 0.4) is 0 Å². The molecule has 1 unspecified atom stereocenters. The van der Waals surface area contributed by atoms with Crippen LogP contribution in [0.1, 0.15) is 55.2 Å². The van der Waals surface area contributed by atoms with Crippen LogP contribution in [0, 0.1) is 12.8 Å². The Bertz CT molecular complexity index is 934. The Hall–Kier alpha value is -2.34. The highest BCUT2D eigenvalue weighted by atomic mass is 32.1. The minimum atomic E-state index is -0.122. The minimum Gasteiger partial charge on any atom is -0.491 e. The molecule has 1 aromatic heterocycles. The second-order valence-electron chi connectivity index (χ2n) is 9.08. The van der Waals surface area contributed by atoms with E-state index in [4.69, 9.17) is 4.74 Å². The molecule has 0 bridgehead atoms. The van der Waals surface area contributed by atoms with Crippen LogP contribution in [-0.2, 0) is 16.0 Å². The van der Waals surface area contributed by atoms with E-state index in [-0.39, 0.29) is 30.4 Å². The summed E-state index contributed by atoms with van der Waals surface area (Å²) in [4.78, 5) is 31.3. The van der Waals surface area contributed by atoms with E-state index in [2.05, 4.69) is 11.4 Å². The molecule has 0 spiro atoms. The lowest BCUT2D eigenvalue weighted by atomic mass is 10.00. The van der Waals surface area contributed by atoms with E-state index in [1.165, 1.54) is 10.4 Å². The van der Waals surface area contributed by atoms with Crippen LogP contribution in [0.4, 0.5) is 0 Å². The van der Waals surface area contributed by atoms with Crippen molar-refractivity contribution in [2.75, 3.05) is 19.7 Å². The van der Waals surface area contributed by atoms with Gasteiger partial charge in [-0.25, -0.2) is 0 Å². The summed E-state index contributed by atoms with van der Waals surface area (Å²) in [6, 6.07) is 10.2. The Labute approximate surface area is 189 Å². The highest BCUT2D eigenvalue weighted by Gasteiger charge is 2.37. The van der Waals surface area contributed by atoms with Crippen molar-refractivity contribution < 1.29 is 14.3 Å². The van der Waals surface area contributed by atoms with Crippen molar-refractivity contribution in [3.8, 4) is 5.75 Å². The molecular weight excluding hydrogens is 408 g/mol. The van der Waals surface area contributed by atoms with Crippen molar-refractivity contribution in [3.63, 3.8) is 0 Å². The third-order valence-corrected chi connectivity index (χ3v) is 7.10. The molecule has 0 radical (unpaired) electrons. The first-order valence-corrected chi connectivity index (χ1v) is 12.2. The Morgan fingerprint density at radius 2 is 2.00 bits per heavy atom. The predicted molar refractivity (Wildman–Crippen MR) is 123 cm³/mol. The highest BCUT2D eigenvalue weighted by molar-refractivity contribution is 7.10. The molecule has 0 saturated heterocycles. The van der Waals surface area contributed by atoms with Crippen LogP contribution >= 0.6 is 11.3 Å². The Morgan fingerprint density at radius 1 is 1.23 bits per heavy atom. The Morgan fingerprint density at radius 3 is 2.71 bits per heavy atom. The van der Waals surface area contributed by atoms with E-state index in [0.29, 0.717) is 25.5 Å². The number of benzene rings is 1. The fourth-order valence-corrected chi connectivity index (χ4v) is 5.20. The second-order valence-corrected chi connectivity index (χ2v) is 10.1. The molecule has 6 heteroatoms. The number of rotatable bonds is 8. The van der Waals surface area contributed by atoms with Gasteiger partial charge in [-0.1, -0.05) is 32.0 Å². The lowest BCUT2D eigenvalue weighted by molar-refractivity contribution is -0.143. The number of nitrogens with zero attached hydrogens (tertiary/aromatic N) is 2. The standard InChI is InChI=1S/C25H32N2O3S/c1-17(2)14-24(28)27(19-8-9-19)15-25(29)26-12-10-23-20(11-13-31-23)21(26)16-30-22-7-5-4-6-18(22)3/h4-7,11,13,17,19,21H,8-10,12,14-16H2,1-3H3. The van der Waals surface area contributed by atoms with E-state index < -0.39 is 0 Å². The van der Waals surface area contributed by atoms with Crippen molar-refractivity contribution >= 4 is 23.2 Å². The van der Waals surface area contributed by atoms with Crippen LogP contribution < -0.4 is 4.74 Å². The van der Waals surface area contributed by atoms with Gasteiger partial charge in [-0.15, -0.1) is 11.3 Å². The van der Waals surface area contributed by atoms with Gasteiger partial charge < -0.3 is 14.5 Å². The molecule has 5 nitrogen and oxygen atoms in total. The number of fused-ring (bicyclic) bond motifs is 1. The monoisotopic (exact) mass is 440 g/mol. The zero-order valence-electron chi connectivity index (χ0n) is 18.7. The summed E-state index contributed by atoms with van der Waals surface area (Å²) in [7, 11) is 0. The first kappa shape index (κ1) is 21.9. The molecule has 1 saturated carbocycles. The summed E-state index contributed by atoms with van der Waals surface area (Å²) in [5.41, 5.74) is 2.27. The van der Waals surface area contributed by atoms with Crippen LogP contribution in [0.15, 0.2) is 35.7 Å². The summed E-state index contributed by atoms with van der Waals surface area (Å²) in [5.74, 6) is 1.28. The molecule has 2 aliphatic rings. The smallest absolute Gasteiger partial charge is 0.242 e. The zero-order chi connectivity index (χ0) is 22.0. The molecule has 2 amide bonds. The minimum absolute atomic E-state index is 0.0271. The molecule has 0 N–H and O–H groups in total. The van der Waals surface area contributed by atoms with Crippen molar-refractivity contribution in [2.45, 2.75) is 58.5 Å². The average Bonchev–Trinajstić information content (AvgIpc) is 3.46. The first-order chi connectivity index (χ1) is 14.9. The molecule has 1 aromatic carbocycles. The second kappa shape index (κ2) is 9.43. The third kappa shape index (κ3) is 5.12. The molecule has 1 fully saturated rings. The van der Waals surface area contributed by atoms with Crippen molar-refractivity contribution in [2.24, 2.45) is 5.92 Å². The van der Waals surface area contributed by atoms with E-state index in [1.807, 2.05) is 54.8 Å². The first-order valence-electron chi connectivity index (χ1n) is 11.3. The van der Waals surface area contributed by atoms with Gasteiger partial charge in [0, 0.05) is 23.9 Å². The average molecular weight is 441 g/mol. The number of amides is 2. The molecule has 1 aliphatic carbocycles. The summed E-state index contributed by atoms with van der Waals surface area (Å²) in [6.07, 6.45) is 3.37. The normalized spacial score (nSPS) is 18.1. The van der Waals surface area contributed by atoms with E-state index in [0.717, 1.165) is 30.6 Å². The number of thiophene rings is 1. The van der Waals surface area contributed by atoms with E-state index >= 15 is 0 Å². The van der Waals surface area contributed by atoms with Gasteiger partial charge in [0.1, 0.15) is 18.9 Å². The molecule has 1 atom stereocenters. The zero-order valence-corrected chi connectivity index (χ0v) is 19.5. The Kier molecular flexibility index (Phi) is 6.65. The summed E-state index contributed by atoms with van der Waals surface area (Å²) < 4.78 is 6.18. The lowest BCUT2D eigenvalue weighted by Gasteiger charge is -2.37. The van der Waals surface area contributed by atoms with Gasteiger partial charge in [0.2, 0.25) is 11.8 Å². The molecule has 31 heavy (non-hydrogen) atoms. The summed E-state index contributed by atoms with van der Waals surface area (Å²) in [5, 5.41) is 2.10. The lowest BCUT2D eigenvalue weighted by Crippen LogP contribution is -2.48. The highest BCUT2D eigenvalue weighted by Crippen LogP contribution is 2.35. The maximum absolute atomic E-state index is 13.4. The van der Waals surface area contributed by atoms with Crippen LogP contribution in [0.5, 0.6) is 5.75 Å². The van der Waals surface area contributed by atoms with Gasteiger partial charge in [-0.05, 0) is 60.7 Å². The predicted octanol–water partition coefficient (Wildman–Crippen LogP) is 4.60. The number of carbonyl (C=O) groups is 2. The van der Waals surface area contributed by atoms with Gasteiger partial charge >= 0.3 is 0 Å². The van der Waals surface area contributed by atoms with Gasteiger partial charge in [0.05, 0.1) is 6.04 Å². The van der Waals surface area contributed by atoms with Crippen molar-refractivity contribution in [1.29, 1.82) is 0 Å². The fourth-order valence-electron chi connectivity index (χ4n) is 4.27. The quantitative estimate of drug-likeness (QED) is 0.603. The number of para-hydroxylation sites is 1. The van der Waals surface area contributed by atoms with E-state index in [9.17, 15) is 9.59 Å². The van der Waals surface area contributed by atoms with Gasteiger partial charge in [-0.3, -0.25) is 9.59 Å². The van der Waals surface area contributed by atoms with Gasteiger partial charge in [0.25, 0.3) is 0 Å². The largest absolute Gasteiger partial charge is 0.491 e. The van der Waals surface area contributed by atoms with Gasteiger partial charge in [0.15, 0.2) is 0 Å². The molecule has 1 aliphatic heterocycles. The fraction of sp³-hybridized carbons (Fsp3) is 0.520. The van der Waals surface area contributed by atoms with Crippen LogP contribution in [0.25, 0.3) is 0 Å². The molecule has 2 aromatic rings. The van der Waals surface area contributed by atoms with Crippen molar-refractivity contribution in [3.05, 3.63) is 51.7 Å². The molecule has 4 rings (SSSR count). The van der Waals surface area contributed by atoms with Crippen molar-refractivity contribution in [1.82, 2.24) is 9.80 Å². The molecular formula is C25H32N2O3S. The molecule has 2 heterocycles. The van der Waals surface area contributed by atoms with Crippen LogP contribution in [-0.4, -0.2) is 47.4 Å². The number of hydrogen-bond donors (Lipinski definition) is 0. The molecule has 166 valence electrons. The SMILES string of the molecule is Cc1ccccc1OCC1c2ccsc2CCN1C(=O)CN(C(=O)CC(C)C)C1CC1. The van der Waals surface area contributed by atoms with E-state index in [1.54, 1.807) is 11.3 Å². The Balaban J connectivity index is 1.50. The van der Waals surface area contributed by atoms with Crippen LogP contribution in [0.2, 0.25) is 0 Å².